The summed E-state index contributed by atoms with van der Waals surface area (Å²) >= 11 is 6.40. The number of sulfonamides is 1. The van der Waals surface area contributed by atoms with Gasteiger partial charge in [0, 0.05) is 6.54 Å². The molecule has 0 saturated heterocycles. The van der Waals surface area contributed by atoms with Gasteiger partial charge in [0.05, 0.1) is 24.3 Å². The normalized spacial score (nSPS) is 17.6. The van der Waals surface area contributed by atoms with Gasteiger partial charge in [-0.25, -0.2) is 13.0 Å². The van der Waals surface area contributed by atoms with Gasteiger partial charge in [0.1, 0.15) is 10.4 Å². The molecule has 32 heavy (non-hydrogen) atoms. The van der Waals surface area contributed by atoms with Crippen molar-refractivity contribution < 1.29 is 17.8 Å². The highest BCUT2D eigenvalue weighted by Crippen LogP contribution is 2.34. The number of fused-ring (bicyclic) bond motifs is 2. The summed E-state index contributed by atoms with van der Waals surface area (Å²) < 4.78 is 40.4. The van der Waals surface area contributed by atoms with Crippen LogP contribution < -0.4 is 0 Å². The van der Waals surface area contributed by atoms with Crippen molar-refractivity contribution in [3.63, 3.8) is 0 Å². The van der Waals surface area contributed by atoms with E-state index in [2.05, 4.69) is 10.3 Å². The average molecular weight is 470 g/mol. The predicted molar refractivity (Wildman–Crippen MR) is 120 cm³/mol. The first-order chi connectivity index (χ1) is 15.5. The Morgan fingerprint density at radius 1 is 0.969 bits per heavy atom. The summed E-state index contributed by atoms with van der Waals surface area (Å²) in [6, 6.07) is 20.1. The average Bonchev–Trinajstić information content (AvgIpc) is 3.25. The van der Waals surface area contributed by atoms with Crippen molar-refractivity contribution in [2.75, 3.05) is 6.61 Å². The molecule has 0 fully saturated rings. The summed E-state index contributed by atoms with van der Waals surface area (Å²) in [5.74, 6) is 0. The molecule has 0 aliphatic carbocycles. The molecule has 0 bridgehead atoms. The van der Waals surface area contributed by atoms with Crippen molar-refractivity contribution >= 4 is 32.7 Å². The van der Waals surface area contributed by atoms with Crippen LogP contribution in [0.4, 0.5) is 0 Å². The molecule has 2 heterocycles. The van der Waals surface area contributed by atoms with Crippen LogP contribution in [0.3, 0.4) is 0 Å². The van der Waals surface area contributed by atoms with Crippen molar-refractivity contribution in [3.8, 4) is 0 Å². The number of hydrogen-bond donors (Lipinski definition) is 0. The zero-order chi connectivity index (χ0) is 22.1. The van der Waals surface area contributed by atoms with Gasteiger partial charge >= 0.3 is 0 Å². The number of benzene rings is 3. The molecule has 5 rings (SSSR count). The van der Waals surface area contributed by atoms with Crippen LogP contribution in [0.1, 0.15) is 16.7 Å². The SMILES string of the molecule is O=S(=O)(c1c(Cl)ccc2nonc12)N1Cc2ccccc2COCC1Cc1ccccc1. The predicted octanol–water partition coefficient (Wildman–Crippen LogP) is 4.21. The maximum absolute atomic E-state index is 14.1. The fourth-order valence-corrected chi connectivity index (χ4v) is 6.25. The Bertz CT molecular complexity index is 1360. The van der Waals surface area contributed by atoms with Gasteiger partial charge in [-0.1, -0.05) is 66.2 Å². The number of aromatic nitrogens is 2. The van der Waals surface area contributed by atoms with E-state index in [0.717, 1.165) is 16.7 Å². The summed E-state index contributed by atoms with van der Waals surface area (Å²) in [5.41, 5.74) is 3.31. The van der Waals surface area contributed by atoms with Crippen LogP contribution in [0.5, 0.6) is 0 Å². The van der Waals surface area contributed by atoms with Crippen LogP contribution in [0.15, 0.2) is 76.3 Å². The molecule has 164 valence electrons. The highest BCUT2D eigenvalue weighted by molar-refractivity contribution is 7.89. The van der Waals surface area contributed by atoms with Crippen molar-refractivity contribution in [1.29, 1.82) is 0 Å². The quantitative estimate of drug-likeness (QED) is 0.445. The molecule has 0 spiro atoms. The van der Waals surface area contributed by atoms with Crippen LogP contribution in [0.25, 0.3) is 11.0 Å². The molecular weight excluding hydrogens is 450 g/mol. The third kappa shape index (κ3) is 3.91. The van der Waals surface area contributed by atoms with Gasteiger partial charge in [-0.05, 0) is 45.6 Å². The molecule has 1 aromatic heterocycles. The van der Waals surface area contributed by atoms with Crippen LogP contribution in [-0.2, 0) is 34.3 Å². The molecule has 1 unspecified atom stereocenters. The molecule has 7 nitrogen and oxygen atoms in total. The molecule has 0 radical (unpaired) electrons. The van der Waals surface area contributed by atoms with Gasteiger partial charge in [-0.15, -0.1) is 0 Å². The van der Waals surface area contributed by atoms with Crippen molar-refractivity contribution in [1.82, 2.24) is 14.6 Å². The minimum absolute atomic E-state index is 0.0722. The number of halogens is 1. The summed E-state index contributed by atoms with van der Waals surface area (Å²) in [7, 11) is -4.08. The smallest absolute Gasteiger partial charge is 0.247 e. The second-order valence-corrected chi connectivity index (χ2v) is 9.92. The molecule has 1 atom stereocenters. The summed E-state index contributed by atoms with van der Waals surface area (Å²) in [4.78, 5) is -0.103. The number of nitrogens with zero attached hydrogens (tertiary/aromatic N) is 3. The lowest BCUT2D eigenvalue weighted by Crippen LogP contribution is -2.45. The van der Waals surface area contributed by atoms with E-state index >= 15 is 0 Å². The van der Waals surface area contributed by atoms with Gasteiger partial charge in [-0.3, -0.25) is 0 Å². The molecule has 0 saturated carbocycles. The van der Waals surface area contributed by atoms with Crippen LogP contribution in [0, 0.1) is 0 Å². The zero-order valence-corrected chi connectivity index (χ0v) is 18.6. The van der Waals surface area contributed by atoms with Crippen molar-refractivity contribution in [2.24, 2.45) is 0 Å². The van der Waals surface area contributed by atoms with E-state index in [1.54, 1.807) is 6.07 Å². The van der Waals surface area contributed by atoms with E-state index in [4.69, 9.17) is 21.0 Å². The minimum atomic E-state index is -4.08. The largest absolute Gasteiger partial charge is 0.375 e. The lowest BCUT2D eigenvalue weighted by molar-refractivity contribution is 0.0674. The highest BCUT2D eigenvalue weighted by atomic mass is 35.5. The van der Waals surface area contributed by atoms with E-state index < -0.39 is 16.1 Å². The first kappa shape index (κ1) is 21.1. The zero-order valence-electron chi connectivity index (χ0n) is 17.0. The van der Waals surface area contributed by atoms with Gasteiger partial charge in [0.25, 0.3) is 0 Å². The van der Waals surface area contributed by atoms with E-state index in [1.807, 2.05) is 54.6 Å². The fraction of sp³-hybridized carbons (Fsp3) is 0.217. The molecule has 4 aromatic rings. The topological polar surface area (TPSA) is 85.5 Å². The second kappa shape index (κ2) is 8.63. The van der Waals surface area contributed by atoms with Crippen LogP contribution in [-0.4, -0.2) is 35.7 Å². The second-order valence-electron chi connectivity index (χ2n) is 7.69. The monoisotopic (exact) mass is 469 g/mol. The van der Waals surface area contributed by atoms with Gasteiger partial charge in [-0.2, -0.15) is 4.31 Å². The van der Waals surface area contributed by atoms with Gasteiger partial charge < -0.3 is 4.74 Å². The van der Waals surface area contributed by atoms with Crippen molar-refractivity contribution in [3.05, 3.63) is 88.4 Å². The lowest BCUT2D eigenvalue weighted by atomic mass is 10.0. The molecule has 0 amide bonds. The standard InChI is InChI=1S/C23H20ClN3O4S/c24-20-10-11-21-22(26-31-25-21)23(20)32(28,29)27-13-17-8-4-5-9-18(17)14-30-15-19(27)12-16-6-2-1-3-7-16/h1-11,19H,12-15H2. The maximum atomic E-state index is 14.1. The van der Waals surface area contributed by atoms with Crippen LogP contribution >= 0.6 is 11.6 Å². The lowest BCUT2D eigenvalue weighted by Gasteiger charge is -2.33. The molecule has 1 aliphatic heterocycles. The number of hydrogen-bond acceptors (Lipinski definition) is 6. The first-order valence-electron chi connectivity index (χ1n) is 10.1. The Balaban J connectivity index is 1.64. The molecular formula is C23H20ClN3O4S. The molecule has 9 heteroatoms. The Morgan fingerprint density at radius 2 is 1.72 bits per heavy atom. The third-order valence-corrected chi connectivity index (χ3v) is 8.03. The Labute approximate surface area is 190 Å². The van der Waals surface area contributed by atoms with Gasteiger partial charge in [0.2, 0.25) is 10.0 Å². The number of rotatable bonds is 4. The summed E-state index contributed by atoms with van der Waals surface area (Å²) in [6.07, 6.45) is 0.493. The summed E-state index contributed by atoms with van der Waals surface area (Å²) in [5, 5.41) is 7.68. The van der Waals surface area contributed by atoms with E-state index in [9.17, 15) is 8.42 Å². The Kier molecular flexibility index (Phi) is 5.69. The Morgan fingerprint density at radius 3 is 2.53 bits per heavy atom. The van der Waals surface area contributed by atoms with E-state index in [-0.39, 0.29) is 28.6 Å². The molecule has 3 aromatic carbocycles. The van der Waals surface area contributed by atoms with Crippen LogP contribution in [0.2, 0.25) is 5.02 Å². The Hall–Kier alpha value is -2.78. The first-order valence-corrected chi connectivity index (χ1v) is 12.0. The van der Waals surface area contributed by atoms with E-state index in [1.165, 1.54) is 10.4 Å². The van der Waals surface area contributed by atoms with E-state index in [0.29, 0.717) is 18.5 Å². The highest BCUT2D eigenvalue weighted by Gasteiger charge is 2.37. The molecule has 0 N–H and O–H groups in total. The van der Waals surface area contributed by atoms with Gasteiger partial charge in [0.15, 0.2) is 5.52 Å². The third-order valence-electron chi connectivity index (χ3n) is 5.63. The molecule has 1 aliphatic rings. The minimum Gasteiger partial charge on any atom is -0.375 e. The fourth-order valence-electron chi connectivity index (χ4n) is 4.03. The summed E-state index contributed by atoms with van der Waals surface area (Å²) in [6.45, 7) is 0.864. The maximum Gasteiger partial charge on any atom is 0.247 e. The number of ether oxygens (including phenoxy) is 1. The van der Waals surface area contributed by atoms with Crippen molar-refractivity contribution in [2.45, 2.75) is 30.5 Å².